The van der Waals surface area contributed by atoms with Crippen LogP contribution in [0.3, 0.4) is 0 Å². The number of piperazine rings is 1. The Morgan fingerprint density at radius 1 is 1.29 bits per heavy atom. The summed E-state index contributed by atoms with van der Waals surface area (Å²) in [7, 11) is 0. The molecule has 0 aliphatic carbocycles. The Labute approximate surface area is 121 Å². The molecule has 0 radical (unpaired) electrons. The normalized spacial score (nSPS) is 14.7. The number of amides is 1. The molecular weight excluding hydrogens is 276 g/mol. The predicted octanol–water partition coefficient (Wildman–Crippen LogP) is 0.619. The number of rotatable bonds is 4. The van der Waals surface area contributed by atoms with E-state index in [0.29, 0.717) is 32.0 Å². The first-order valence-corrected chi connectivity index (χ1v) is 6.46. The van der Waals surface area contributed by atoms with E-state index in [4.69, 9.17) is 9.84 Å². The second kappa shape index (κ2) is 6.69. The average molecular weight is 292 g/mol. The second-order valence-corrected chi connectivity index (χ2v) is 4.42. The van der Waals surface area contributed by atoms with Gasteiger partial charge in [0.2, 0.25) is 0 Å². The van der Waals surface area contributed by atoms with Gasteiger partial charge in [-0.1, -0.05) is 12.7 Å². The lowest BCUT2D eigenvalue weighted by molar-refractivity contribution is 0.0689. The van der Waals surface area contributed by atoms with Gasteiger partial charge in [0.1, 0.15) is 6.61 Å². The highest BCUT2D eigenvalue weighted by molar-refractivity contribution is 5.85. The maximum Gasteiger partial charge on any atom is 0.410 e. The van der Waals surface area contributed by atoms with Gasteiger partial charge in [-0.2, -0.15) is 0 Å². The smallest absolute Gasteiger partial charge is 0.410 e. The van der Waals surface area contributed by atoms with Gasteiger partial charge in [0.05, 0.1) is 0 Å². The molecule has 1 saturated heterocycles. The Morgan fingerprint density at radius 3 is 2.52 bits per heavy atom. The number of aromatic carboxylic acids is 1. The van der Waals surface area contributed by atoms with Crippen LogP contribution >= 0.6 is 0 Å². The van der Waals surface area contributed by atoms with Crippen molar-refractivity contribution in [3.63, 3.8) is 0 Å². The monoisotopic (exact) mass is 292 g/mol. The number of carbonyl (C=O) groups excluding carboxylic acids is 1. The molecule has 1 aromatic heterocycles. The highest BCUT2D eigenvalue weighted by Crippen LogP contribution is 2.13. The van der Waals surface area contributed by atoms with Crippen molar-refractivity contribution >= 4 is 17.9 Å². The largest absolute Gasteiger partial charge is 0.476 e. The first-order chi connectivity index (χ1) is 10.1. The fraction of sp³-hybridized carbons (Fsp3) is 0.385. The van der Waals surface area contributed by atoms with Crippen LogP contribution in [-0.4, -0.2) is 65.1 Å². The third-order valence-electron chi connectivity index (χ3n) is 3.06. The molecule has 1 amide bonds. The third kappa shape index (κ3) is 3.68. The highest BCUT2D eigenvalue weighted by Gasteiger charge is 2.23. The van der Waals surface area contributed by atoms with Gasteiger partial charge >= 0.3 is 12.1 Å². The lowest BCUT2D eigenvalue weighted by Crippen LogP contribution is -2.49. The molecule has 0 aromatic carbocycles. The molecule has 1 aromatic rings. The molecule has 2 heterocycles. The van der Waals surface area contributed by atoms with Gasteiger partial charge in [-0.15, -0.1) is 10.2 Å². The van der Waals surface area contributed by atoms with Gasteiger partial charge in [0.15, 0.2) is 11.5 Å². The zero-order valence-electron chi connectivity index (χ0n) is 11.4. The van der Waals surface area contributed by atoms with Crippen molar-refractivity contribution in [3.8, 4) is 0 Å². The van der Waals surface area contributed by atoms with E-state index in [2.05, 4.69) is 16.8 Å². The highest BCUT2D eigenvalue weighted by atomic mass is 16.6. The van der Waals surface area contributed by atoms with Crippen LogP contribution in [-0.2, 0) is 4.74 Å². The Kier molecular flexibility index (Phi) is 4.70. The fourth-order valence-electron chi connectivity index (χ4n) is 1.95. The number of carbonyl (C=O) groups is 2. The zero-order valence-corrected chi connectivity index (χ0v) is 11.4. The summed E-state index contributed by atoms with van der Waals surface area (Å²) in [5.74, 6) is -0.511. The molecule has 2 rings (SSSR count). The molecule has 0 unspecified atom stereocenters. The van der Waals surface area contributed by atoms with E-state index in [-0.39, 0.29) is 18.4 Å². The third-order valence-corrected chi connectivity index (χ3v) is 3.06. The van der Waals surface area contributed by atoms with E-state index in [1.165, 1.54) is 12.1 Å². The van der Waals surface area contributed by atoms with Crippen LogP contribution in [0.25, 0.3) is 0 Å². The van der Waals surface area contributed by atoms with E-state index >= 15 is 0 Å². The molecule has 8 heteroatoms. The Balaban J connectivity index is 1.90. The number of aromatic nitrogens is 2. The summed E-state index contributed by atoms with van der Waals surface area (Å²) in [5.41, 5.74) is -0.0922. The number of carboxylic acid groups (broad SMARTS) is 1. The number of anilines is 1. The van der Waals surface area contributed by atoms with Crippen LogP contribution in [0, 0.1) is 0 Å². The SMILES string of the molecule is C=CCOC(=O)N1CCN(c2ccc(C(=O)O)nn2)CC1. The topological polar surface area (TPSA) is 95.9 Å². The first-order valence-electron chi connectivity index (χ1n) is 6.46. The molecule has 0 bridgehead atoms. The summed E-state index contributed by atoms with van der Waals surface area (Å²) >= 11 is 0. The zero-order chi connectivity index (χ0) is 15.2. The maximum absolute atomic E-state index is 11.7. The van der Waals surface area contributed by atoms with Crippen molar-refractivity contribution in [3.05, 3.63) is 30.5 Å². The van der Waals surface area contributed by atoms with E-state index in [1.54, 1.807) is 11.0 Å². The van der Waals surface area contributed by atoms with Crippen molar-refractivity contribution in [1.29, 1.82) is 0 Å². The van der Waals surface area contributed by atoms with Crippen LogP contribution in [0.15, 0.2) is 24.8 Å². The average Bonchev–Trinajstić information content (AvgIpc) is 2.53. The molecule has 1 aliphatic rings. The van der Waals surface area contributed by atoms with Gasteiger partial charge < -0.3 is 19.6 Å². The van der Waals surface area contributed by atoms with E-state index in [9.17, 15) is 9.59 Å². The Hall–Kier alpha value is -2.64. The van der Waals surface area contributed by atoms with Crippen LogP contribution in [0.4, 0.5) is 10.6 Å². The van der Waals surface area contributed by atoms with Gasteiger partial charge in [0, 0.05) is 26.2 Å². The lowest BCUT2D eigenvalue weighted by Gasteiger charge is -2.34. The van der Waals surface area contributed by atoms with Crippen LogP contribution < -0.4 is 4.90 Å². The maximum atomic E-state index is 11.7. The number of carboxylic acids is 1. The number of hydrogen-bond acceptors (Lipinski definition) is 6. The number of nitrogens with zero attached hydrogens (tertiary/aromatic N) is 4. The minimum Gasteiger partial charge on any atom is -0.476 e. The predicted molar refractivity (Wildman–Crippen MR) is 74.3 cm³/mol. The minimum absolute atomic E-state index is 0.0922. The molecule has 0 saturated carbocycles. The quantitative estimate of drug-likeness (QED) is 0.812. The molecule has 1 N–H and O–H groups in total. The van der Waals surface area contributed by atoms with Crippen molar-refractivity contribution in [2.75, 3.05) is 37.7 Å². The lowest BCUT2D eigenvalue weighted by atomic mass is 10.3. The van der Waals surface area contributed by atoms with Gasteiger partial charge in [-0.25, -0.2) is 9.59 Å². The number of hydrogen-bond donors (Lipinski definition) is 1. The molecule has 1 fully saturated rings. The van der Waals surface area contributed by atoms with Gasteiger partial charge in [-0.05, 0) is 12.1 Å². The summed E-state index contributed by atoms with van der Waals surface area (Å²) in [4.78, 5) is 25.9. The number of ether oxygens (including phenoxy) is 1. The van der Waals surface area contributed by atoms with E-state index in [0.717, 1.165) is 0 Å². The van der Waals surface area contributed by atoms with Crippen LogP contribution in [0.2, 0.25) is 0 Å². The minimum atomic E-state index is -1.11. The summed E-state index contributed by atoms with van der Waals surface area (Å²) in [6.45, 7) is 5.88. The molecule has 8 nitrogen and oxygen atoms in total. The molecule has 1 aliphatic heterocycles. The first kappa shape index (κ1) is 14.8. The fourth-order valence-corrected chi connectivity index (χ4v) is 1.95. The van der Waals surface area contributed by atoms with E-state index < -0.39 is 5.97 Å². The van der Waals surface area contributed by atoms with Crippen LogP contribution in [0.1, 0.15) is 10.5 Å². The van der Waals surface area contributed by atoms with E-state index in [1.807, 2.05) is 4.90 Å². The second-order valence-electron chi connectivity index (χ2n) is 4.42. The molecule has 0 atom stereocenters. The van der Waals surface area contributed by atoms with Crippen molar-refractivity contribution in [1.82, 2.24) is 15.1 Å². The Bertz CT molecular complexity index is 523. The molecule has 0 spiro atoms. The van der Waals surface area contributed by atoms with Crippen molar-refractivity contribution < 1.29 is 19.4 Å². The molecule has 21 heavy (non-hydrogen) atoms. The molecular formula is C13H16N4O4. The van der Waals surface area contributed by atoms with Crippen LogP contribution in [0.5, 0.6) is 0 Å². The van der Waals surface area contributed by atoms with Gasteiger partial charge in [0.25, 0.3) is 0 Å². The van der Waals surface area contributed by atoms with Crippen molar-refractivity contribution in [2.24, 2.45) is 0 Å². The summed E-state index contributed by atoms with van der Waals surface area (Å²) < 4.78 is 4.97. The van der Waals surface area contributed by atoms with Crippen molar-refractivity contribution in [2.45, 2.75) is 0 Å². The van der Waals surface area contributed by atoms with Gasteiger partial charge in [-0.3, -0.25) is 0 Å². The summed E-state index contributed by atoms with van der Waals surface area (Å²) in [6, 6.07) is 3.03. The summed E-state index contributed by atoms with van der Waals surface area (Å²) in [5, 5.41) is 16.3. The molecule has 112 valence electrons. The standard InChI is InChI=1S/C13H16N4O4/c1-2-9-21-13(20)17-7-5-16(6-8-17)11-4-3-10(12(18)19)14-15-11/h2-4H,1,5-9H2,(H,18,19). The summed E-state index contributed by atoms with van der Waals surface area (Å²) in [6.07, 6.45) is 1.16. The Morgan fingerprint density at radius 2 is 2.00 bits per heavy atom.